The van der Waals surface area contributed by atoms with Crippen LogP contribution in [0.2, 0.25) is 0 Å². The Hall–Kier alpha value is -4.93. The van der Waals surface area contributed by atoms with E-state index < -0.39 is 69.4 Å². The predicted octanol–water partition coefficient (Wildman–Crippen LogP) is 9.36. The van der Waals surface area contributed by atoms with Gasteiger partial charge < -0.3 is 54.9 Å². The van der Waals surface area contributed by atoms with Crippen molar-refractivity contribution >= 4 is 52.3 Å². The summed E-state index contributed by atoms with van der Waals surface area (Å²) in [6, 6.07) is 3.08. The average Bonchev–Trinajstić information content (AvgIpc) is 3.34. The number of hydrogen-bond acceptors (Lipinski definition) is 10. The topological polar surface area (TPSA) is 168 Å². The number of methoxy groups -OCH3 is 2. The number of rotatable bonds is 17. The van der Waals surface area contributed by atoms with Crippen molar-refractivity contribution in [3.63, 3.8) is 0 Å². The van der Waals surface area contributed by atoms with Crippen molar-refractivity contribution in [1.82, 2.24) is 20.4 Å². The van der Waals surface area contributed by atoms with Crippen LogP contribution in [0.5, 0.6) is 11.5 Å². The van der Waals surface area contributed by atoms with Crippen molar-refractivity contribution in [1.29, 1.82) is 0 Å². The smallest absolute Gasteiger partial charge is 0.417 e. The summed E-state index contributed by atoms with van der Waals surface area (Å²) in [5.74, 6) is -1.47. The number of carbonyl (C=O) groups is 4. The summed E-state index contributed by atoms with van der Waals surface area (Å²) in [5, 5.41) is 6.09. The van der Waals surface area contributed by atoms with Crippen LogP contribution in [0.3, 0.4) is 0 Å². The lowest BCUT2D eigenvalue weighted by Crippen LogP contribution is -2.54. The highest BCUT2D eigenvalue weighted by Gasteiger charge is 2.48. The zero-order chi connectivity index (χ0) is 56.7. The van der Waals surface area contributed by atoms with Crippen molar-refractivity contribution in [2.45, 2.75) is 167 Å². The van der Waals surface area contributed by atoms with Gasteiger partial charge in [0.05, 0.1) is 33.6 Å². The van der Waals surface area contributed by atoms with Gasteiger partial charge in [0.1, 0.15) is 11.5 Å². The molecule has 15 nitrogen and oxygen atoms in total. The quantitative estimate of drug-likeness (QED) is 0.102. The van der Waals surface area contributed by atoms with E-state index in [1.165, 1.54) is 43.6 Å². The largest absolute Gasteiger partial charge is 0.476 e. The molecule has 0 atom stereocenters. The molecule has 2 fully saturated rings. The third-order valence-corrected chi connectivity index (χ3v) is 15.1. The van der Waals surface area contributed by atoms with E-state index >= 15 is 0 Å². The first-order valence-electron chi connectivity index (χ1n) is 26.3. The molecule has 2 aromatic carbocycles. The van der Waals surface area contributed by atoms with Crippen molar-refractivity contribution in [3.05, 3.63) is 46.5 Å². The number of hydrogen-bond donors (Lipinski definition) is 3. The summed E-state index contributed by atoms with van der Waals surface area (Å²) < 4.78 is 108. The Balaban J connectivity index is 0.000000282. The van der Waals surface area contributed by atoms with E-state index in [9.17, 15) is 45.5 Å². The van der Waals surface area contributed by atoms with E-state index in [1.807, 2.05) is 27.7 Å². The van der Waals surface area contributed by atoms with Gasteiger partial charge in [-0.1, -0.05) is 0 Å². The molecular formula is C54H79F6N7O8S. The van der Waals surface area contributed by atoms with Crippen molar-refractivity contribution in [2.24, 2.45) is 17.6 Å². The highest BCUT2D eigenvalue weighted by atomic mass is 32.1. The molecule has 0 saturated heterocycles. The van der Waals surface area contributed by atoms with Gasteiger partial charge in [-0.25, -0.2) is 0 Å². The van der Waals surface area contributed by atoms with Gasteiger partial charge in [-0.3, -0.25) is 19.2 Å². The molecule has 426 valence electrons. The predicted molar refractivity (Wildman–Crippen MR) is 283 cm³/mol. The number of nitrogens with two attached hydrogens (primary N) is 1. The highest BCUT2D eigenvalue weighted by molar-refractivity contribution is 7.80. The first-order chi connectivity index (χ1) is 35.5. The summed E-state index contributed by atoms with van der Waals surface area (Å²) in [6.07, 6.45) is -1.31. The fourth-order valence-electron chi connectivity index (χ4n) is 10.9. The molecular weight excluding hydrogens is 1020 g/mol. The maximum absolute atomic E-state index is 14.4. The maximum Gasteiger partial charge on any atom is 0.417 e. The highest BCUT2D eigenvalue weighted by Crippen LogP contribution is 2.47. The van der Waals surface area contributed by atoms with Crippen molar-refractivity contribution in [2.75, 3.05) is 70.5 Å². The molecule has 22 heteroatoms. The van der Waals surface area contributed by atoms with E-state index in [4.69, 9.17) is 36.9 Å². The van der Waals surface area contributed by atoms with Gasteiger partial charge in [-0.05, 0) is 168 Å². The lowest BCUT2D eigenvalue weighted by atomic mass is 9.83. The first-order valence-corrected chi connectivity index (χ1v) is 26.7. The Bertz CT molecular complexity index is 2370. The number of carbonyl (C=O) groups excluding carboxylic acids is 4. The molecule has 2 aliphatic carbocycles. The van der Waals surface area contributed by atoms with Gasteiger partial charge >= 0.3 is 12.4 Å². The molecule has 0 unspecified atom stereocenters. The summed E-state index contributed by atoms with van der Waals surface area (Å²) >= 11 is 5.10. The summed E-state index contributed by atoms with van der Waals surface area (Å²) in [4.78, 5) is 59.9. The lowest BCUT2D eigenvalue weighted by Gasteiger charge is -2.41. The van der Waals surface area contributed by atoms with Gasteiger partial charge in [0.15, 0.2) is 16.3 Å². The number of nitrogens with zero attached hydrogens (tertiary/aromatic N) is 4. The minimum absolute atomic E-state index is 0.0910. The average molecular weight is 1100 g/mol. The minimum Gasteiger partial charge on any atom is -0.476 e. The van der Waals surface area contributed by atoms with Crippen LogP contribution in [0.1, 0.15) is 151 Å². The molecule has 0 spiro atoms. The number of anilines is 2. The lowest BCUT2D eigenvalue weighted by molar-refractivity contribution is -0.139. The number of benzene rings is 2. The van der Waals surface area contributed by atoms with Crippen LogP contribution >= 0.6 is 12.2 Å². The number of halogens is 6. The van der Waals surface area contributed by atoms with Crippen LogP contribution in [0, 0.1) is 11.8 Å². The maximum atomic E-state index is 14.4. The molecule has 2 saturated carbocycles. The third-order valence-electron chi connectivity index (χ3n) is 14.8. The van der Waals surface area contributed by atoms with Crippen molar-refractivity contribution in [3.8, 4) is 11.5 Å². The number of ether oxygens (including phenoxy) is 4. The fourth-order valence-corrected chi connectivity index (χ4v) is 11.0. The molecule has 4 N–H and O–H groups in total. The molecule has 2 heterocycles. The van der Waals surface area contributed by atoms with Crippen LogP contribution in [0.15, 0.2) is 24.3 Å². The summed E-state index contributed by atoms with van der Waals surface area (Å²) in [6.45, 7) is 15.2. The zero-order valence-corrected chi connectivity index (χ0v) is 46.7. The van der Waals surface area contributed by atoms with Gasteiger partial charge in [-0.15, -0.1) is 0 Å². The number of alkyl halides is 6. The molecule has 6 rings (SSSR count). The van der Waals surface area contributed by atoms with E-state index in [0.29, 0.717) is 43.0 Å². The van der Waals surface area contributed by atoms with Gasteiger partial charge in [0.2, 0.25) is 0 Å². The van der Waals surface area contributed by atoms with Gasteiger partial charge in [-0.2, -0.15) is 26.3 Å². The number of nitrogens with one attached hydrogen (secondary N) is 2. The van der Waals surface area contributed by atoms with Crippen molar-refractivity contribution < 1.29 is 64.5 Å². The molecule has 4 amide bonds. The number of fused-ring (bicyclic) bond motifs is 2. The Labute approximate surface area is 449 Å². The molecule has 76 heavy (non-hydrogen) atoms. The number of thiocarbonyl (C=S) groups is 1. The second-order valence-corrected chi connectivity index (χ2v) is 22.1. The van der Waals surface area contributed by atoms with Gasteiger partial charge in [0, 0.05) is 84.8 Å². The van der Waals surface area contributed by atoms with Crippen LogP contribution in [0.25, 0.3) is 0 Å². The second kappa shape index (κ2) is 25.7. The Morgan fingerprint density at radius 2 is 1.07 bits per heavy atom. The van der Waals surface area contributed by atoms with Crippen LogP contribution in [-0.2, 0) is 31.4 Å². The Morgan fingerprint density at radius 3 is 1.38 bits per heavy atom. The number of amides is 4. The normalized spacial score (nSPS) is 21.2. The molecule has 0 radical (unpaired) electrons. The van der Waals surface area contributed by atoms with E-state index in [0.717, 1.165) is 69.6 Å². The van der Waals surface area contributed by atoms with Gasteiger partial charge in [0.25, 0.3) is 23.6 Å². The van der Waals surface area contributed by atoms with Crippen LogP contribution in [0.4, 0.5) is 37.7 Å². The molecule has 2 aliphatic heterocycles. The van der Waals surface area contributed by atoms with E-state index in [1.54, 1.807) is 31.1 Å². The Morgan fingerprint density at radius 1 is 0.697 bits per heavy atom. The van der Waals surface area contributed by atoms with E-state index in [2.05, 4.69) is 10.6 Å². The van der Waals surface area contributed by atoms with E-state index in [-0.39, 0.29) is 73.2 Å². The zero-order valence-electron chi connectivity index (χ0n) is 45.9. The van der Waals surface area contributed by atoms with Crippen LogP contribution in [-0.4, -0.2) is 135 Å². The molecule has 0 bridgehead atoms. The monoisotopic (exact) mass is 1100 g/mol. The van der Waals surface area contributed by atoms with Crippen LogP contribution < -0.4 is 35.6 Å². The third kappa shape index (κ3) is 14.6. The second-order valence-electron chi connectivity index (χ2n) is 21.7. The summed E-state index contributed by atoms with van der Waals surface area (Å²) in [5.41, 5.74) is 0.102. The minimum atomic E-state index is -4.80. The molecule has 4 aliphatic rings. The standard InChI is InChI=1S/C28H41F3N4O4S.C26H38F3N3O4/c1-17(2)35(19-9-7-18(8-10-19)11-14-38-6)24(36)20-15-22-23(16-21(20)28(29,30)31)39-27(3,4)25(37)34(22)13-12-33-26(40)32-5;1-16(2)32(18-8-6-17(7-9-18)10-13-35-5)23(33)19-14-21-22(15-20(19)26(27,28)29)36-25(3,4)24(34)31(21)12-11-30/h15-19H,7-14H2,1-6H3,(H2,32,33,40);14-18H,6-13,30H2,1-5H3. The first kappa shape index (κ1) is 61.9. The fraction of sp³-hybridized carbons (Fsp3) is 0.685. The Kier molecular flexibility index (Phi) is 20.9. The SMILES string of the molecule is CNC(=S)NCCN1C(=O)C(C)(C)Oc2cc(C(F)(F)F)c(C(=O)N(C(C)C)C3CCC(CCOC)CC3)cc21.COCCC1CCC(N(C(=O)c2cc3c(cc2C(F)(F)F)OC(C)(C)C(=O)N3CCN)C(C)C)CC1. The molecule has 0 aromatic heterocycles. The molecule has 2 aromatic rings. The summed E-state index contributed by atoms with van der Waals surface area (Å²) in [7, 11) is 4.97.